The summed E-state index contributed by atoms with van der Waals surface area (Å²) in [5.74, 6) is -1.44. The lowest BCUT2D eigenvalue weighted by Crippen LogP contribution is -2.16. The Morgan fingerprint density at radius 1 is 1.11 bits per heavy atom. The lowest BCUT2D eigenvalue weighted by molar-refractivity contribution is -0.137. The van der Waals surface area contributed by atoms with Gasteiger partial charge in [-0.15, -0.1) is 11.8 Å². The van der Waals surface area contributed by atoms with Crippen molar-refractivity contribution in [3.05, 3.63) is 0 Å². The lowest BCUT2D eigenvalue weighted by atomic mass is 10.1. The highest BCUT2D eigenvalue weighted by molar-refractivity contribution is 8.01. The van der Waals surface area contributed by atoms with Gasteiger partial charge in [-0.3, -0.25) is 9.59 Å². The average Bonchev–Trinajstić information content (AvgIpc) is 2.38. The van der Waals surface area contributed by atoms with Crippen LogP contribution < -0.4 is 0 Å². The van der Waals surface area contributed by atoms with E-state index in [4.69, 9.17) is 10.2 Å². The van der Waals surface area contributed by atoms with Gasteiger partial charge in [0.05, 0.1) is 5.25 Å². The molecule has 2 N–H and O–H groups in total. The number of hydrogen-bond acceptors (Lipinski definition) is 3. The minimum absolute atomic E-state index is 0.222. The van der Waals surface area contributed by atoms with Gasteiger partial charge in [0.2, 0.25) is 0 Å². The molecule has 5 heteroatoms. The van der Waals surface area contributed by atoms with Gasteiger partial charge in [0.1, 0.15) is 0 Å². The van der Waals surface area contributed by atoms with E-state index in [2.05, 4.69) is 13.8 Å². The SMILES string of the molecule is CCC(=O)O.CCCCCC(CC)SC(C)C(=O)O. The van der Waals surface area contributed by atoms with Crippen LogP contribution in [0.3, 0.4) is 0 Å². The molecule has 2 unspecified atom stereocenters. The minimum atomic E-state index is -0.745. The van der Waals surface area contributed by atoms with Crippen molar-refractivity contribution in [1.82, 2.24) is 0 Å². The molecule has 0 aromatic heterocycles. The normalized spacial score (nSPS) is 13.1. The highest BCUT2D eigenvalue weighted by atomic mass is 32.2. The number of rotatable bonds is 9. The van der Waals surface area contributed by atoms with Crippen LogP contribution in [0, 0.1) is 0 Å². The Bertz CT molecular complexity index is 244. The smallest absolute Gasteiger partial charge is 0.316 e. The fourth-order valence-corrected chi connectivity index (χ4v) is 2.53. The fourth-order valence-electron chi connectivity index (χ4n) is 1.34. The maximum atomic E-state index is 10.7. The second-order valence-corrected chi connectivity index (χ2v) is 6.04. The number of unbranched alkanes of at least 4 members (excludes halogenated alkanes) is 2. The number of thioether (sulfide) groups is 1. The molecule has 4 nitrogen and oxygen atoms in total. The lowest BCUT2D eigenvalue weighted by Gasteiger charge is -2.16. The molecule has 0 aliphatic carbocycles. The van der Waals surface area contributed by atoms with Gasteiger partial charge in [-0.2, -0.15) is 0 Å². The van der Waals surface area contributed by atoms with E-state index in [0.29, 0.717) is 5.25 Å². The van der Waals surface area contributed by atoms with E-state index in [0.717, 1.165) is 12.8 Å². The van der Waals surface area contributed by atoms with Gasteiger partial charge in [-0.05, 0) is 19.8 Å². The summed E-state index contributed by atoms with van der Waals surface area (Å²) in [5.41, 5.74) is 0. The molecule has 114 valence electrons. The Morgan fingerprint density at radius 2 is 1.63 bits per heavy atom. The van der Waals surface area contributed by atoms with Crippen molar-refractivity contribution in [3.8, 4) is 0 Å². The molecule has 0 radical (unpaired) electrons. The van der Waals surface area contributed by atoms with E-state index >= 15 is 0 Å². The molecule has 0 saturated heterocycles. The van der Waals surface area contributed by atoms with Gasteiger partial charge < -0.3 is 10.2 Å². The van der Waals surface area contributed by atoms with Gasteiger partial charge in [-0.1, -0.05) is 40.0 Å². The number of aliphatic carboxylic acids is 2. The van der Waals surface area contributed by atoms with Crippen molar-refractivity contribution >= 4 is 23.7 Å². The number of carbonyl (C=O) groups is 2. The largest absolute Gasteiger partial charge is 0.481 e. The summed E-state index contributed by atoms with van der Waals surface area (Å²) in [7, 11) is 0. The summed E-state index contributed by atoms with van der Waals surface area (Å²) in [6.07, 6.45) is 6.18. The monoisotopic (exact) mass is 292 g/mol. The highest BCUT2D eigenvalue weighted by Gasteiger charge is 2.16. The van der Waals surface area contributed by atoms with Crippen LogP contribution >= 0.6 is 11.8 Å². The highest BCUT2D eigenvalue weighted by Crippen LogP contribution is 2.25. The Labute approximate surface area is 121 Å². The first kappa shape index (κ1) is 20.6. The van der Waals surface area contributed by atoms with Gasteiger partial charge >= 0.3 is 11.9 Å². The molecule has 0 spiro atoms. The molecule has 0 aliphatic heterocycles. The average molecular weight is 292 g/mol. The quantitative estimate of drug-likeness (QED) is 0.627. The summed E-state index contributed by atoms with van der Waals surface area (Å²) >= 11 is 1.60. The van der Waals surface area contributed by atoms with Gasteiger partial charge in [-0.25, -0.2) is 0 Å². The summed E-state index contributed by atoms with van der Waals surface area (Å²) in [5, 5.41) is 16.8. The van der Waals surface area contributed by atoms with Crippen molar-refractivity contribution < 1.29 is 19.8 Å². The molecule has 2 atom stereocenters. The van der Waals surface area contributed by atoms with Crippen molar-refractivity contribution in [3.63, 3.8) is 0 Å². The number of carboxylic acids is 2. The molecule has 0 heterocycles. The fraction of sp³-hybridized carbons (Fsp3) is 0.857. The zero-order valence-corrected chi connectivity index (χ0v) is 13.3. The van der Waals surface area contributed by atoms with E-state index < -0.39 is 11.9 Å². The second kappa shape index (κ2) is 13.7. The van der Waals surface area contributed by atoms with Crippen LogP contribution in [0.1, 0.15) is 66.2 Å². The molecule has 19 heavy (non-hydrogen) atoms. The van der Waals surface area contributed by atoms with Crippen molar-refractivity contribution in [1.29, 1.82) is 0 Å². The predicted octanol–water partition coefficient (Wildman–Crippen LogP) is 4.03. The molecule has 0 saturated carbocycles. The number of hydrogen-bond donors (Lipinski definition) is 2. The van der Waals surface area contributed by atoms with Crippen LogP contribution in [0.25, 0.3) is 0 Å². The molecule has 0 rings (SSSR count). The molecule has 0 aromatic carbocycles. The second-order valence-electron chi connectivity index (χ2n) is 4.39. The zero-order chi connectivity index (χ0) is 15.3. The standard InChI is InChI=1S/C11H22O2S.C3H6O2/c1-4-6-7-8-10(5-2)14-9(3)11(12)13;1-2-3(4)5/h9-10H,4-8H2,1-3H3,(H,12,13);2H2,1H3,(H,4,5). The summed E-state index contributed by atoms with van der Waals surface area (Å²) < 4.78 is 0. The van der Waals surface area contributed by atoms with Crippen LogP contribution in [0.4, 0.5) is 0 Å². The molecule has 0 bridgehead atoms. The summed E-state index contributed by atoms with van der Waals surface area (Å²) in [4.78, 5) is 20.0. The molecule has 0 aromatic rings. The van der Waals surface area contributed by atoms with E-state index in [-0.39, 0.29) is 11.7 Å². The Balaban J connectivity index is 0. The van der Waals surface area contributed by atoms with Crippen LogP contribution in [0.15, 0.2) is 0 Å². The van der Waals surface area contributed by atoms with E-state index in [1.54, 1.807) is 25.6 Å². The molecule has 0 aliphatic rings. The Morgan fingerprint density at radius 3 is 1.95 bits per heavy atom. The topological polar surface area (TPSA) is 74.6 Å². The third kappa shape index (κ3) is 15.2. The van der Waals surface area contributed by atoms with Gasteiger partial charge in [0.15, 0.2) is 0 Å². The zero-order valence-electron chi connectivity index (χ0n) is 12.5. The summed E-state index contributed by atoms with van der Waals surface area (Å²) in [6, 6.07) is 0. The van der Waals surface area contributed by atoms with Crippen LogP contribution in [0.2, 0.25) is 0 Å². The van der Waals surface area contributed by atoms with Crippen LogP contribution in [0.5, 0.6) is 0 Å². The van der Waals surface area contributed by atoms with Crippen molar-refractivity contribution in [2.24, 2.45) is 0 Å². The molecular weight excluding hydrogens is 264 g/mol. The maximum Gasteiger partial charge on any atom is 0.316 e. The predicted molar refractivity (Wildman–Crippen MR) is 80.8 cm³/mol. The third-order valence-electron chi connectivity index (χ3n) is 2.63. The maximum absolute atomic E-state index is 10.7. The first-order chi connectivity index (χ1) is 8.88. The summed E-state index contributed by atoms with van der Waals surface area (Å²) in [6.45, 7) is 7.70. The van der Waals surface area contributed by atoms with Crippen molar-refractivity contribution in [2.75, 3.05) is 0 Å². The molecular formula is C14H28O4S. The molecule has 0 amide bonds. The number of carboxylic acid groups (broad SMARTS) is 2. The van der Waals surface area contributed by atoms with E-state index in [9.17, 15) is 9.59 Å². The Kier molecular flexibility index (Phi) is 14.9. The van der Waals surface area contributed by atoms with Crippen LogP contribution in [-0.4, -0.2) is 32.7 Å². The first-order valence-electron chi connectivity index (χ1n) is 6.98. The van der Waals surface area contributed by atoms with Gasteiger partial charge in [0.25, 0.3) is 0 Å². The van der Waals surface area contributed by atoms with E-state index in [1.807, 2.05) is 0 Å². The van der Waals surface area contributed by atoms with Crippen LogP contribution in [-0.2, 0) is 9.59 Å². The van der Waals surface area contributed by atoms with Gasteiger partial charge in [0, 0.05) is 11.7 Å². The minimum Gasteiger partial charge on any atom is -0.481 e. The first-order valence-corrected chi connectivity index (χ1v) is 7.93. The van der Waals surface area contributed by atoms with Crippen molar-refractivity contribution in [2.45, 2.75) is 76.7 Å². The van der Waals surface area contributed by atoms with E-state index in [1.165, 1.54) is 19.3 Å². The Hall–Kier alpha value is -0.710. The molecule has 0 fully saturated rings. The third-order valence-corrected chi connectivity index (χ3v) is 4.20.